The number of halogens is 1. The zero-order chi connectivity index (χ0) is 17.2. The van der Waals surface area contributed by atoms with Crippen LogP contribution in [0.5, 0.6) is 0 Å². The maximum absolute atomic E-state index is 12.9. The van der Waals surface area contributed by atoms with E-state index in [4.69, 9.17) is 11.6 Å². The van der Waals surface area contributed by atoms with E-state index < -0.39 is 0 Å². The smallest absolute Gasteiger partial charge is 0.262 e. The number of hydrogen-bond donors (Lipinski definition) is 0. The highest BCUT2D eigenvalue weighted by molar-refractivity contribution is 6.33. The van der Waals surface area contributed by atoms with Crippen molar-refractivity contribution in [3.8, 4) is 0 Å². The summed E-state index contributed by atoms with van der Waals surface area (Å²) in [7, 11) is 0. The van der Waals surface area contributed by atoms with E-state index in [0.29, 0.717) is 25.1 Å². The van der Waals surface area contributed by atoms with Gasteiger partial charge < -0.3 is 0 Å². The topological polar surface area (TPSA) is 45.6 Å². The number of aliphatic imine (C=N–C) groups is 1. The predicted octanol–water partition coefficient (Wildman–Crippen LogP) is 3.99. The number of aromatic nitrogens is 1. The number of amides is 1. The summed E-state index contributed by atoms with van der Waals surface area (Å²) in [4.78, 5) is 23.1. The molecule has 0 atom stereocenters. The van der Waals surface area contributed by atoms with Crippen LogP contribution in [0.3, 0.4) is 0 Å². The fourth-order valence-electron chi connectivity index (χ4n) is 3.17. The van der Waals surface area contributed by atoms with Gasteiger partial charge in [0.1, 0.15) is 11.0 Å². The third kappa shape index (κ3) is 3.01. The van der Waals surface area contributed by atoms with Gasteiger partial charge in [-0.05, 0) is 28.5 Å². The minimum atomic E-state index is -0.144. The van der Waals surface area contributed by atoms with E-state index in [1.54, 1.807) is 23.2 Å². The van der Waals surface area contributed by atoms with Gasteiger partial charge in [0.25, 0.3) is 5.91 Å². The van der Waals surface area contributed by atoms with Crippen molar-refractivity contribution in [1.82, 2.24) is 9.88 Å². The van der Waals surface area contributed by atoms with Crippen LogP contribution >= 0.6 is 11.6 Å². The predicted molar refractivity (Wildman–Crippen MR) is 100 cm³/mol. The first-order valence-corrected chi connectivity index (χ1v) is 8.54. The molecule has 0 saturated heterocycles. The fraction of sp³-hybridized carbons (Fsp3) is 0.150. The van der Waals surface area contributed by atoms with Crippen molar-refractivity contribution in [2.75, 3.05) is 13.1 Å². The van der Waals surface area contributed by atoms with Crippen LogP contribution in [0.4, 0.5) is 0 Å². The molecule has 5 heteroatoms. The Hall–Kier alpha value is -2.72. The van der Waals surface area contributed by atoms with E-state index in [-0.39, 0.29) is 11.1 Å². The number of carbonyl (C=O) groups excluding carboxylic acids is 1. The standard InChI is InChI=1S/C20H16ClN3O/c21-19-17(9-4-10-23-19)20(25)24-12-11-22-18(24)13-15-7-3-6-14-5-1-2-8-16(14)15/h1-10H,11-13H2. The van der Waals surface area contributed by atoms with Crippen LogP contribution in [0.2, 0.25) is 5.15 Å². The third-order valence-electron chi connectivity index (χ3n) is 4.39. The van der Waals surface area contributed by atoms with Gasteiger partial charge in [-0.15, -0.1) is 0 Å². The van der Waals surface area contributed by atoms with Gasteiger partial charge in [-0.2, -0.15) is 0 Å². The Morgan fingerprint density at radius 2 is 1.92 bits per heavy atom. The van der Waals surface area contributed by atoms with E-state index in [9.17, 15) is 4.79 Å². The number of rotatable bonds is 3. The highest BCUT2D eigenvalue weighted by Crippen LogP contribution is 2.22. The quantitative estimate of drug-likeness (QED) is 0.671. The van der Waals surface area contributed by atoms with Crippen LogP contribution in [0.25, 0.3) is 10.8 Å². The van der Waals surface area contributed by atoms with Crippen LogP contribution in [0.1, 0.15) is 15.9 Å². The first-order valence-electron chi connectivity index (χ1n) is 8.16. The number of fused-ring (bicyclic) bond motifs is 1. The van der Waals surface area contributed by atoms with Crippen LogP contribution in [0, 0.1) is 0 Å². The molecule has 1 aliphatic heterocycles. The molecule has 0 saturated carbocycles. The molecule has 2 heterocycles. The lowest BCUT2D eigenvalue weighted by Crippen LogP contribution is -2.35. The van der Waals surface area contributed by atoms with Crippen molar-refractivity contribution in [1.29, 1.82) is 0 Å². The molecule has 3 aromatic rings. The van der Waals surface area contributed by atoms with Gasteiger partial charge in [-0.25, -0.2) is 4.98 Å². The van der Waals surface area contributed by atoms with Gasteiger partial charge in [0.05, 0.1) is 12.1 Å². The third-order valence-corrected chi connectivity index (χ3v) is 4.69. The zero-order valence-electron chi connectivity index (χ0n) is 13.5. The Kier molecular flexibility index (Phi) is 4.20. The average Bonchev–Trinajstić information content (AvgIpc) is 3.10. The van der Waals surface area contributed by atoms with E-state index in [1.165, 1.54) is 10.8 Å². The highest BCUT2D eigenvalue weighted by Gasteiger charge is 2.26. The van der Waals surface area contributed by atoms with E-state index in [0.717, 1.165) is 11.4 Å². The second-order valence-corrected chi connectivity index (χ2v) is 6.27. The molecule has 0 radical (unpaired) electrons. The number of hydrogen-bond acceptors (Lipinski definition) is 3. The number of amidine groups is 1. The molecule has 0 unspecified atom stereocenters. The molecule has 124 valence electrons. The Balaban J connectivity index is 1.64. The van der Waals surface area contributed by atoms with Crippen LogP contribution in [0.15, 0.2) is 65.8 Å². The first-order chi connectivity index (χ1) is 12.2. The summed E-state index contributed by atoms with van der Waals surface area (Å²) in [5.41, 5.74) is 1.57. The lowest BCUT2D eigenvalue weighted by Gasteiger charge is -2.19. The summed E-state index contributed by atoms with van der Waals surface area (Å²) in [5, 5.41) is 2.60. The lowest BCUT2D eigenvalue weighted by molar-refractivity contribution is 0.0856. The van der Waals surface area contributed by atoms with Gasteiger partial charge in [-0.3, -0.25) is 14.7 Å². The summed E-state index contributed by atoms with van der Waals surface area (Å²) < 4.78 is 0. The van der Waals surface area contributed by atoms with Crippen molar-refractivity contribution in [2.24, 2.45) is 4.99 Å². The summed E-state index contributed by atoms with van der Waals surface area (Å²) in [6.07, 6.45) is 2.19. The zero-order valence-corrected chi connectivity index (χ0v) is 14.3. The summed E-state index contributed by atoms with van der Waals surface area (Å²) in [6, 6.07) is 17.9. The molecule has 1 aromatic heterocycles. The number of nitrogens with zero attached hydrogens (tertiary/aromatic N) is 3. The summed E-state index contributed by atoms with van der Waals surface area (Å²) in [5.74, 6) is 0.635. The van der Waals surface area contributed by atoms with Gasteiger partial charge in [0, 0.05) is 19.2 Å². The first kappa shape index (κ1) is 15.8. The van der Waals surface area contributed by atoms with E-state index in [2.05, 4.69) is 34.2 Å². The molecule has 1 amide bonds. The number of benzene rings is 2. The molecule has 1 aliphatic rings. The Bertz CT molecular complexity index is 978. The normalized spacial score (nSPS) is 14.0. The molecule has 4 rings (SSSR count). The summed E-state index contributed by atoms with van der Waals surface area (Å²) in [6.45, 7) is 1.19. The molecule has 0 aliphatic carbocycles. The van der Waals surface area contributed by atoms with E-state index >= 15 is 0 Å². The minimum Gasteiger partial charge on any atom is -0.294 e. The molecule has 0 fully saturated rings. The van der Waals surface area contributed by atoms with Crippen molar-refractivity contribution in [2.45, 2.75) is 6.42 Å². The fourth-order valence-corrected chi connectivity index (χ4v) is 3.37. The molecular formula is C20H16ClN3O. The van der Waals surface area contributed by atoms with E-state index in [1.807, 2.05) is 18.2 Å². The maximum Gasteiger partial charge on any atom is 0.262 e. The molecule has 0 bridgehead atoms. The maximum atomic E-state index is 12.9. The number of pyridine rings is 1. The van der Waals surface area contributed by atoms with Crippen LogP contribution < -0.4 is 0 Å². The van der Waals surface area contributed by atoms with Crippen LogP contribution in [-0.2, 0) is 6.42 Å². The largest absolute Gasteiger partial charge is 0.294 e. The molecule has 4 nitrogen and oxygen atoms in total. The summed E-state index contributed by atoms with van der Waals surface area (Å²) >= 11 is 6.09. The van der Waals surface area contributed by atoms with Crippen molar-refractivity contribution >= 4 is 34.1 Å². The lowest BCUT2D eigenvalue weighted by atomic mass is 10.0. The van der Waals surface area contributed by atoms with Gasteiger partial charge in [-0.1, -0.05) is 54.1 Å². The molecule has 25 heavy (non-hydrogen) atoms. The van der Waals surface area contributed by atoms with Gasteiger partial charge in [0.15, 0.2) is 0 Å². The molecular weight excluding hydrogens is 334 g/mol. The molecule has 0 spiro atoms. The second kappa shape index (κ2) is 6.65. The van der Waals surface area contributed by atoms with Crippen molar-refractivity contribution in [3.63, 3.8) is 0 Å². The van der Waals surface area contributed by atoms with Crippen LogP contribution in [-0.4, -0.2) is 34.7 Å². The molecule has 2 aromatic carbocycles. The van der Waals surface area contributed by atoms with Crippen molar-refractivity contribution < 1.29 is 4.79 Å². The Morgan fingerprint density at radius 3 is 2.80 bits per heavy atom. The van der Waals surface area contributed by atoms with Crippen molar-refractivity contribution in [3.05, 3.63) is 77.1 Å². The van der Waals surface area contributed by atoms with Gasteiger partial charge >= 0.3 is 0 Å². The molecule has 0 N–H and O–H groups in total. The Morgan fingerprint density at radius 1 is 1.08 bits per heavy atom. The highest BCUT2D eigenvalue weighted by atomic mass is 35.5. The Labute approximate surface area is 150 Å². The number of carbonyl (C=O) groups is 1. The second-order valence-electron chi connectivity index (χ2n) is 5.91. The average molecular weight is 350 g/mol. The van der Waals surface area contributed by atoms with Gasteiger partial charge in [0.2, 0.25) is 0 Å². The minimum absolute atomic E-state index is 0.144. The SMILES string of the molecule is O=C(c1cccnc1Cl)N1CCN=C1Cc1cccc2ccccc12. The monoisotopic (exact) mass is 349 g/mol.